The Morgan fingerprint density at radius 2 is 2.05 bits per heavy atom. The zero-order valence-corrected chi connectivity index (χ0v) is 14.4. The maximum atomic E-state index is 4.94. The number of fused-ring (bicyclic) bond motifs is 1. The number of thiazole rings is 1. The Labute approximate surface area is 127 Å². The summed E-state index contributed by atoms with van der Waals surface area (Å²) in [5, 5.41) is 4.80. The average molecular weight is 295 g/mol. The van der Waals surface area contributed by atoms with Gasteiger partial charge in [-0.2, -0.15) is 0 Å². The topological polar surface area (TPSA) is 28.2 Å². The zero-order chi connectivity index (χ0) is 14.8. The maximum Gasteiger partial charge on any atom is 0.0944 e. The van der Waals surface area contributed by atoms with Crippen molar-refractivity contribution in [3.05, 3.63) is 15.6 Å². The molecule has 20 heavy (non-hydrogen) atoms. The van der Waals surface area contributed by atoms with Crippen LogP contribution < -0.4 is 5.32 Å². The summed E-state index contributed by atoms with van der Waals surface area (Å²) in [6.07, 6.45) is 3.44. The third-order valence-electron chi connectivity index (χ3n) is 4.38. The van der Waals surface area contributed by atoms with Gasteiger partial charge in [-0.3, -0.25) is 0 Å². The van der Waals surface area contributed by atoms with E-state index in [2.05, 4.69) is 45.0 Å². The number of aromatic nitrogens is 1. The average Bonchev–Trinajstić information content (AvgIpc) is 2.80. The minimum absolute atomic E-state index is 0.366. The smallest absolute Gasteiger partial charge is 0.0944 e. The fraction of sp³-hybridized carbons (Fsp3) is 0.812. The van der Waals surface area contributed by atoms with Crippen LogP contribution in [0.25, 0.3) is 0 Å². The summed E-state index contributed by atoms with van der Waals surface area (Å²) in [5.74, 6) is 0. The first-order valence-corrected chi connectivity index (χ1v) is 8.68. The molecule has 1 atom stereocenters. The summed E-state index contributed by atoms with van der Waals surface area (Å²) in [6, 6.07) is 0.494. The molecule has 114 valence electrons. The monoisotopic (exact) mass is 295 g/mol. The Morgan fingerprint density at radius 3 is 2.65 bits per heavy atom. The van der Waals surface area contributed by atoms with Crippen LogP contribution in [0.2, 0.25) is 0 Å². The molecule has 1 heterocycles. The third kappa shape index (κ3) is 3.60. The Morgan fingerprint density at radius 1 is 1.35 bits per heavy atom. The van der Waals surface area contributed by atoms with Crippen molar-refractivity contribution in [2.45, 2.75) is 53.0 Å². The molecule has 0 radical (unpaired) electrons. The molecule has 3 nitrogen and oxygen atoms in total. The fourth-order valence-corrected chi connectivity index (χ4v) is 4.30. The highest BCUT2D eigenvalue weighted by molar-refractivity contribution is 7.11. The highest BCUT2D eigenvalue weighted by atomic mass is 32.1. The molecule has 1 N–H and O–H groups in total. The van der Waals surface area contributed by atoms with E-state index in [9.17, 15) is 0 Å². The van der Waals surface area contributed by atoms with Gasteiger partial charge < -0.3 is 10.2 Å². The first kappa shape index (κ1) is 15.9. The van der Waals surface area contributed by atoms with Crippen molar-refractivity contribution in [3.8, 4) is 0 Å². The lowest BCUT2D eigenvalue weighted by atomic mass is 9.76. The quantitative estimate of drug-likeness (QED) is 0.873. The van der Waals surface area contributed by atoms with Gasteiger partial charge in [-0.25, -0.2) is 4.98 Å². The van der Waals surface area contributed by atoms with Crippen molar-refractivity contribution in [3.63, 3.8) is 0 Å². The predicted octanol–water partition coefficient (Wildman–Crippen LogP) is 3.26. The SMILES string of the molecule is CCN(CC)CCc1nc2c(s1)C(NC)CC(C)(C)C2. The van der Waals surface area contributed by atoms with Crippen LogP contribution in [0.15, 0.2) is 0 Å². The van der Waals surface area contributed by atoms with Crippen molar-refractivity contribution in [1.82, 2.24) is 15.2 Å². The summed E-state index contributed by atoms with van der Waals surface area (Å²) in [5.41, 5.74) is 1.71. The van der Waals surface area contributed by atoms with Crippen molar-refractivity contribution in [2.24, 2.45) is 5.41 Å². The number of hydrogen-bond donors (Lipinski definition) is 1. The van der Waals surface area contributed by atoms with Gasteiger partial charge in [0.05, 0.1) is 10.7 Å². The molecule has 1 aliphatic rings. The second kappa shape index (κ2) is 6.54. The summed E-state index contributed by atoms with van der Waals surface area (Å²) in [7, 11) is 2.07. The largest absolute Gasteiger partial charge is 0.312 e. The van der Waals surface area contributed by atoms with E-state index < -0.39 is 0 Å². The fourth-order valence-electron chi connectivity index (χ4n) is 3.12. The molecule has 0 saturated carbocycles. The highest BCUT2D eigenvalue weighted by Crippen LogP contribution is 2.42. The molecule has 0 amide bonds. The second-order valence-corrected chi connectivity index (χ2v) is 7.70. The van der Waals surface area contributed by atoms with Crippen molar-refractivity contribution >= 4 is 11.3 Å². The van der Waals surface area contributed by atoms with Gasteiger partial charge in [0, 0.05) is 23.9 Å². The standard InChI is InChI=1S/C16H29N3S/c1-6-19(7-2)9-8-14-18-13-11-16(3,4)10-12(17-5)15(13)20-14/h12,17H,6-11H2,1-5H3. The Balaban J connectivity index is 2.10. The van der Waals surface area contributed by atoms with Crippen LogP contribution in [-0.4, -0.2) is 36.6 Å². The van der Waals surface area contributed by atoms with Gasteiger partial charge in [-0.15, -0.1) is 11.3 Å². The Hall–Kier alpha value is -0.450. The molecule has 2 rings (SSSR count). The van der Waals surface area contributed by atoms with E-state index in [1.54, 1.807) is 0 Å². The first-order valence-electron chi connectivity index (χ1n) is 7.87. The van der Waals surface area contributed by atoms with E-state index in [1.807, 2.05) is 11.3 Å². The Bertz CT molecular complexity index is 435. The second-order valence-electron chi connectivity index (χ2n) is 6.58. The first-order chi connectivity index (χ1) is 9.49. The molecular formula is C16H29N3S. The lowest BCUT2D eigenvalue weighted by Gasteiger charge is -2.34. The van der Waals surface area contributed by atoms with Crippen molar-refractivity contribution in [1.29, 1.82) is 0 Å². The molecule has 0 aliphatic heterocycles. The van der Waals surface area contributed by atoms with Gasteiger partial charge in [0.15, 0.2) is 0 Å². The van der Waals surface area contributed by atoms with Gasteiger partial charge in [0.1, 0.15) is 0 Å². The van der Waals surface area contributed by atoms with Crippen molar-refractivity contribution in [2.75, 3.05) is 26.7 Å². The molecular weight excluding hydrogens is 266 g/mol. The lowest BCUT2D eigenvalue weighted by Crippen LogP contribution is -2.30. The molecule has 1 unspecified atom stereocenters. The van der Waals surface area contributed by atoms with Gasteiger partial charge in [0.2, 0.25) is 0 Å². The van der Waals surface area contributed by atoms with Crippen LogP contribution in [0.4, 0.5) is 0 Å². The number of rotatable bonds is 6. The molecule has 1 aliphatic carbocycles. The minimum atomic E-state index is 0.366. The van der Waals surface area contributed by atoms with Crippen molar-refractivity contribution < 1.29 is 0 Å². The van der Waals surface area contributed by atoms with Crippen LogP contribution >= 0.6 is 11.3 Å². The highest BCUT2D eigenvalue weighted by Gasteiger charge is 2.34. The number of likely N-dealkylation sites (N-methyl/N-ethyl adjacent to an activating group) is 1. The third-order valence-corrected chi connectivity index (χ3v) is 5.65. The van der Waals surface area contributed by atoms with Crippen LogP contribution in [0.3, 0.4) is 0 Å². The van der Waals surface area contributed by atoms with E-state index in [1.165, 1.54) is 22.0 Å². The molecule has 1 aromatic rings. The molecule has 0 aromatic carbocycles. The van der Waals surface area contributed by atoms with E-state index in [0.29, 0.717) is 11.5 Å². The predicted molar refractivity (Wildman–Crippen MR) is 87.5 cm³/mol. The molecule has 0 saturated heterocycles. The van der Waals surface area contributed by atoms with Crippen LogP contribution in [0.1, 0.15) is 55.7 Å². The maximum absolute atomic E-state index is 4.94. The summed E-state index contributed by atoms with van der Waals surface area (Å²) in [4.78, 5) is 8.90. The molecule has 0 spiro atoms. The summed E-state index contributed by atoms with van der Waals surface area (Å²) < 4.78 is 0. The lowest BCUT2D eigenvalue weighted by molar-refractivity contribution is 0.265. The Kier molecular flexibility index (Phi) is 5.21. The van der Waals surface area contributed by atoms with E-state index in [4.69, 9.17) is 4.98 Å². The normalized spacial score (nSPS) is 21.2. The molecule has 1 aromatic heterocycles. The number of hydrogen-bond acceptors (Lipinski definition) is 4. The molecule has 0 bridgehead atoms. The summed E-state index contributed by atoms with van der Waals surface area (Å²) >= 11 is 1.93. The minimum Gasteiger partial charge on any atom is -0.312 e. The number of nitrogens with zero attached hydrogens (tertiary/aromatic N) is 2. The summed E-state index contributed by atoms with van der Waals surface area (Å²) in [6.45, 7) is 12.6. The van der Waals surface area contributed by atoms with E-state index in [0.717, 1.165) is 32.5 Å². The van der Waals surface area contributed by atoms with Gasteiger partial charge in [0.25, 0.3) is 0 Å². The van der Waals surface area contributed by atoms with Crippen LogP contribution in [-0.2, 0) is 12.8 Å². The van der Waals surface area contributed by atoms with E-state index in [-0.39, 0.29) is 0 Å². The molecule has 0 fully saturated rings. The van der Waals surface area contributed by atoms with Crippen LogP contribution in [0.5, 0.6) is 0 Å². The van der Waals surface area contributed by atoms with Gasteiger partial charge >= 0.3 is 0 Å². The number of nitrogens with one attached hydrogen (secondary N) is 1. The van der Waals surface area contributed by atoms with Crippen LogP contribution in [0, 0.1) is 5.41 Å². The van der Waals surface area contributed by atoms with Gasteiger partial charge in [-0.05, 0) is 38.4 Å². The van der Waals surface area contributed by atoms with E-state index >= 15 is 0 Å². The molecule has 4 heteroatoms. The zero-order valence-electron chi connectivity index (χ0n) is 13.6. The van der Waals surface area contributed by atoms with Gasteiger partial charge in [-0.1, -0.05) is 27.7 Å².